The summed E-state index contributed by atoms with van der Waals surface area (Å²) >= 11 is 1.61. The lowest BCUT2D eigenvalue weighted by Gasteiger charge is -2.36. The van der Waals surface area contributed by atoms with Crippen molar-refractivity contribution in [3.63, 3.8) is 0 Å². The highest BCUT2D eigenvalue weighted by Gasteiger charge is 2.36. The molecular formula is C54H77F3N8S. The van der Waals surface area contributed by atoms with Crippen LogP contribution in [0, 0.1) is 17.3 Å². The van der Waals surface area contributed by atoms with Gasteiger partial charge >= 0.3 is 6.18 Å². The van der Waals surface area contributed by atoms with Crippen LogP contribution in [-0.4, -0.2) is 113 Å². The second kappa shape index (κ2) is 21.1. The van der Waals surface area contributed by atoms with Crippen molar-refractivity contribution >= 4 is 27.9 Å². The van der Waals surface area contributed by atoms with Crippen LogP contribution in [-0.2, 0) is 19.4 Å². The van der Waals surface area contributed by atoms with Crippen molar-refractivity contribution in [2.45, 2.75) is 130 Å². The zero-order chi connectivity index (χ0) is 47.5. The average molecular weight is 927 g/mol. The van der Waals surface area contributed by atoms with Gasteiger partial charge in [-0.15, -0.1) is 24.5 Å². The molecule has 1 aromatic carbocycles. The molecule has 3 fully saturated rings. The molecule has 2 saturated heterocycles. The van der Waals surface area contributed by atoms with E-state index in [0.717, 1.165) is 115 Å². The number of nitrogens with zero attached hydrogens (tertiary/aromatic N) is 7. The quantitative estimate of drug-likeness (QED) is 0.0788. The molecule has 5 heterocycles. The van der Waals surface area contributed by atoms with Gasteiger partial charge in [-0.1, -0.05) is 73.3 Å². The summed E-state index contributed by atoms with van der Waals surface area (Å²) in [4.78, 5) is 20.2. The number of hydrogen-bond donors (Lipinski definition) is 1. The number of nitrogens with one attached hydrogen (secondary N) is 1. The molecule has 360 valence electrons. The number of likely N-dealkylation sites (tertiary alicyclic amines) is 1. The number of pyridine rings is 1. The Morgan fingerprint density at radius 1 is 1.03 bits per heavy atom. The molecule has 2 aliphatic heterocycles. The Morgan fingerprint density at radius 2 is 1.77 bits per heavy atom. The minimum absolute atomic E-state index is 0.00329. The predicted octanol–water partition coefficient (Wildman–Crippen LogP) is 11.8. The summed E-state index contributed by atoms with van der Waals surface area (Å²) < 4.78 is 46.3. The van der Waals surface area contributed by atoms with E-state index in [4.69, 9.17) is 9.97 Å². The second-order valence-corrected chi connectivity index (χ2v) is 21.9. The van der Waals surface area contributed by atoms with Crippen LogP contribution < -0.4 is 10.2 Å². The summed E-state index contributed by atoms with van der Waals surface area (Å²) in [7, 11) is 2.20. The molecule has 7 rings (SSSR count). The Bertz CT molecular complexity index is 2290. The first-order valence-electron chi connectivity index (χ1n) is 24.7. The summed E-state index contributed by atoms with van der Waals surface area (Å²) in [6, 6.07) is 8.92. The van der Waals surface area contributed by atoms with E-state index in [1.54, 1.807) is 11.3 Å². The highest BCUT2D eigenvalue weighted by atomic mass is 32.1. The van der Waals surface area contributed by atoms with Gasteiger partial charge in [0.25, 0.3) is 0 Å². The number of piperazine rings is 1. The molecule has 3 atom stereocenters. The van der Waals surface area contributed by atoms with Crippen LogP contribution in [0.25, 0.3) is 33.4 Å². The molecule has 0 amide bonds. The molecule has 0 radical (unpaired) electrons. The maximum absolute atomic E-state index is 14.9. The zero-order valence-corrected chi connectivity index (χ0v) is 42.0. The van der Waals surface area contributed by atoms with Gasteiger partial charge in [-0.2, -0.15) is 13.2 Å². The van der Waals surface area contributed by atoms with Crippen LogP contribution in [0.4, 0.5) is 18.9 Å². The molecule has 0 bridgehead atoms. The highest BCUT2D eigenvalue weighted by Crippen LogP contribution is 2.45. The molecule has 1 saturated carbocycles. The van der Waals surface area contributed by atoms with Crippen molar-refractivity contribution in [1.29, 1.82) is 0 Å². The number of thiazole rings is 1. The molecule has 8 nitrogen and oxygen atoms in total. The van der Waals surface area contributed by atoms with E-state index < -0.39 is 12.7 Å². The average Bonchev–Trinajstić information content (AvgIpc) is 3.75. The van der Waals surface area contributed by atoms with E-state index in [1.807, 2.05) is 30.5 Å². The fraction of sp³-hybridized carbons (Fsp3) is 0.593. The van der Waals surface area contributed by atoms with Gasteiger partial charge in [0.1, 0.15) is 6.54 Å². The van der Waals surface area contributed by atoms with E-state index in [0.29, 0.717) is 41.9 Å². The predicted molar refractivity (Wildman–Crippen MR) is 272 cm³/mol. The summed E-state index contributed by atoms with van der Waals surface area (Å²) in [5.74, 6) is 1.05. The zero-order valence-electron chi connectivity index (χ0n) is 41.2. The molecule has 3 aliphatic rings. The standard InChI is InChI=1S/C54H77F3N8S/c1-12-15-21-53(9,10)30-46-44-27-40(47-34-66-49(60-47)28-41(13-2)59-38(8)51(37(6)7)64-22-20-39(33-64)32-61(11)14-3)16-19-48(44)65(35-54(55,56)57)52(46)45-29-43(31-58-50(45)36(4)5)63-25-23-62(24-26-63)42-17-18-42/h12-13,16,19,27,29,31,34,36-37,39,41-42,51,59H,1-2,8,14-15,17-18,20-26,28,30,32-33,35H2,3-7,9-11H3. The van der Waals surface area contributed by atoms with Crippen molar-refractivity contribution in [1.82, 2.24) is 34.6 Å². The summed E-state index contributed by atoms with van der Waals surface area (Å²) in [5.41, 5.74) is 7.19. The summed E-state index contributed by atoms with van der Waals surface area (Å²) in [6.07, 6.45) is 8.04. The van der Waals surface area contributed by atoms with Crippen molar-refractivity contribution in [3.8, 4) is 22.5 Å². The number of anilines is 1. The van der Waals surface area contributed by atoms with Crippen molar-refractivity contribution < 1.29 is 13.2 Å². The molecule has 1 aliphatic carbocycles. The van der Waals surface area contributed by atoms with E-state index in [-0.39, 0.29) is 23.4 Å². The number of rotatable bonds is 22. The van der Waals surface area contributed by atoms with Crippen molar-refractivity contribution in [2.24, 2.45) is 17.3 Å². The first-order chi connectivity index (χ1) is 31.4. The summed E-state index contributed by atoms with van der Waals surface area (Å²) in [5, 5.41) is 7.61. The van der Waals surface area contributed by atoms with Gasteiger partial charge in [0.05, 0.1) is 46.1 Å². The second-order valence-electron chi connectivity index (χ2n) is 21.0. The van der Waals surface area contributed by atoms with Gasteiger partial charge in [0.15, 0.2) is 0 Å². The Hall–Kier alpha value is -3.97. The highest BCUT2D eigenvalue weighted by molar-refractivity contribution is 7.10. The minimum Gasteiger partial charge on any atom is -0.381 e. The lowest BCUT2D eigenvalue weighted by molar-refractivity contribution is -0.139. The number of allylic oxidation sites excluding steroid dienone is 1. The van der Waals surface area contributed by atoms with E-state index in [1.165, 1.54) is 23.8 Å². The Labute approximate surface area is 398 Å². The van der Waals surface area contributed by atoms with Crippen LogP contribution in [0.15, 0.2) is 73.4 Å². The van der Waals surface area contributed by atoms with Crippen LogP contribution in [0.3, 0.4) is 0 Å². The number of alkyl halides is 3. The van der Waals surface area contributed by atoms with E-state index in [9.17, 15) is 13.2 Å². The fourth-order valence-corrected chi connectivity index (χ4v) is 11.5. The van der Waals surface area contributed by atoms with Crippen LogP contribution in [0.5, 0.6) is 0 Å². The first kappa shape index (κ1) is 49.9. The van der Waals surface area contributed by atoms with Gasteiger partial charge in [0.2, 0.25) is 0 Å². The van der Waals surface area contributed by atoms with Crippen molar-refractivity contribution in [3.05, 3.63) is 89.7 Å². The van der Waals surface area contributed by atoms with Crippen LogP contribution in [0.1, 0.15) is 103 Å². The number of fused-ring (bicyclic) bond motifs is 1. The number of hydrogen-bond acceptors (Lipinski definition) is 8. The van der Waals surface area contributed by atoms with Gasteiger partial charge in [-0.25, -0.2) is 4.98 Å². The largest absolute Gasteiger partial charge is 0.406 e. The molecule has 12 heteroatoms. The third kappa shape index (κ3) is 12.0. The third-order valence-corrected chi connectivity index (χ3v) is 15.2. The summed E-state index contributed by atoms with van der Waals surface area (Å²) in [6.45, 7) is 35.1. The Balaban J connectivity index is 1.23. The molecule has 3 aromatic heterocycles. The van der Waals surface area contributed by atoms with Gasteiger partial charge in [-0.3, -0.25) is 14.8 Å². The normalized spacial score (nSPS) is 18.8. The maximum Gasteiger partial charge on any atom is 0.406 e. The smallest absolute Gasteiger partial charge is 0.381 e. The fourth-order valence-electron chi connectivity index (χ4n) is 10.7. The molecule has 66 heavy (non-hydrogen) atoms. The minimum atomic E-state index is -4.44. The van der Waals surface area contributed by atoms with E-state index >= 15 is 0 Å². The number of aromatic nitrogens is 3. The Morgan fingerprint density at radius 3 is 2.41 bits per heavy atom. The van der Waals surface area contributed by atoms with E-state index in [2.05, 4.69) is 118 Å². The Kier molecular flexibility index (Phi) is 16.0. The molecule has 4 aromatic rings. The molecule has 3 unspecified atom stereocenters. The van der Waals surface area contributed by atoms with Crippen LogP contribution in [0.2, 0.25) is 0 Å². The van der Waals surface area contributed by atoms with Gasteiger partial charge < -0.3 is 19.7 Å². The molecular weight excluding hydrogens is 850 g/mol. The number of benzene rings is 1. The van der Waals surface area contributed by atoms with Gasteiger partial charge in [-0.05, 0) is 106 Å². The first-order valence-corrected chi connectivity index (χ1v) is 25.5. The molecule has 0 spiro atoms. The lowest BCUT2D eigenvalue weighted by Crippen LogP contribution is -2.47. The lowest BCUT2D eigenvalue weighted by atomic mass is 9.80. The SMILES string of the molecule is C=CCCC(C)(C)Cc1c(-c2cc(N3CCN(C4CC4)CC3)cnc2C(C)C)n(CC(F)(F)F)c2ccc(-c3csc(CC(C=C)NC(=C)C(C(C)C)N4CCC(CN(C)CC)C4)n3)cc12. The molecule has 1 N–H and O–H groups in total. The maximum atomic E-state index is 14.9. The topological polar surface area (TPSA) is 55.7 Å². The monoisotopic (exact) mass is 927 g/mol. The van der Waals surface area contributed by atoms with Crippen LogP contribution >= 0.6 is 11.3 Å². The van der Waals surface area contributed by atoms with Gasteiger partial charge in [0, 0.05) is 84.8 Å². The number of halogens is 3. The van der Waals surface area contributed by atoms with Crippen molar-refractivity contribution in [2.75, 3.05) is 64.3 Å². The third-order valence-electron chi connectivity index (χ3n) is 14.3.